The summed E-state index contributed by atoms with van der Waals surface area (Å²) in [5.41, 5.74) is 10.7. The Morgan fingerprint density at radius 3 is 2.71 bits per heavy atom. The first kappa shape index (κ1) is 17.9. The van der Waals surface area contributed by atoms with Crippen LogP contribution in [0.15, 0.2) is 73.4 Å². The molecule has 0 aliphatic heterocycles. The summed E-state index contributed by atoms with van der Waals surface area (Å²) in [5, 5.41) is 1.21. The predicted octanol–water partition coefficient (Wildman–Crippen LogP) is 4.08. The summed E-state index contributed by atoms with van der Waals surface area (Å²) in [6, 6.07) is 14.0. The number of aromatic amines is 1. The highest BCUT2D eigenvalue weighted by atomic mass is 16.5. The van der Waals surface area contributed by atoms with Gasteiger partial charge in [0.25, 0.3) is 0 Å². The van der Waals surface area contributed by atoms with Gasteiger partial charge in [-0.05, 0) is 47.4 Å². The van der Waals surface area contributed by atoms with Gasteiger partial charge in [0.05, 0.1) is 6.20 Å². The number of ether oxygens (including phenoxy) is 1. The summed E-state index contributed by atoms with van der Waals surface area (Å²) in [7, 11) is 0. The van der Waals surface area contributed by atoms with Crippen LogP contribution in [0, 0.1) is 0 Å². The molecule has 0 aliphatic rings. The summed E-state index contributed by atoms with van der Waals surface area (Å²) < 4.78 is 5.88. The van der Waals surface area contributed by atoms with Crippen LogP contribution in [0.25, 0.3) is 23.1 Å². The standard InChI is InChI=1S/C23H22N4O/c24-20(12-19-14-27-23-4-2-1-3-22(19)23)16-28-21-11-18(13-26-15-21)6-5-17-7-9-25-10-8-17/h1-11,13-15,20,27H,12,16,24H2/t20-/m0/s1. The van der Waals surface area contributed by atoms with E-state index in [1.54, 1.807) is 24.8 Å². The molecule has 0 unspecified atom stereocenters. The molecule has 0 bridgehead atoms. The first-order valence-corrected chi connectivity index (χ1v) is 9.24. The monoisotopic (exact) mass is 370 g/mol. The maximum absolute atomic E-state index is 6.30. The average molecular weight is 370 g/mol. The van der Waals surface area contributed by atoms with Crippen LogP contribution in [0.1, 0.15) is 16.7 Å². The third kappa shape index (κ3) is 4.45. The molecule has 3 N–H and O–H groups in total. The third-order valence-corrected chi connectivity index (χ3v) is 4.53. The lowest BCUT2D eigenvalue weighted by Crippen LogP contribution is -2.30. The summed E-state index contributed by atoms with van der Waals surface area (Å²) >= 11 is 0. The molecule has 0 saturated carbocycles. The highest BCUT2D eigenvalue weighted by Crippen LogP contribution is 2.19. The number of hydrogen-bond acceptors (Lipinski definition) is 4. The largest absolute Gasteiger partial charge is 0.490 e. The molecule has 1 aromatic carbocycles. The fraction of sp³-hybridized carbons (Fsp3) is 0.130. The number of benzene rings is 1. The quantitative estimate of drug-likeness (QED) is 0.514. The number of rotatable bonds is 7. The third-order valence-electron chi connectivity index (χ3n) is 4.53. The molecule has 0 spiro atoms. The van der Waals surface area contributed by atoms with E-state index in [9.17, 15) is 0 Å². The summed E-state index contributed by atoms with van der Waals surface area (Å²) in [4.78, 5) is 11.6. The first-order chi connectivity index (χ1) is 13.8. The summed E-state index contributed by atoms with van der Waals surface area (Å²) in [5.74, 6) is 0.714. The molecule has 1 atom stereocenters. The number of nitrogens with one attached hydrogen (secondary N) is 1. The number of fused-ring (bicyclic) bond motifs is 1. The highest BCUT2D eigenvalue weighted by Gasteiger charge is 2.10. The average Bonchev–Trinajstić information content (AvgIpc) is 3.15. The molecule has 5 nitrogen and oxygen atoms in total. The van der Waals surface area contributed by atoms with Crippen molar-refractivity contribution in [3.8, 4) is 5.75 Å². The zero-order valence-electron chi connectivity index (χ0n) is 15.5. The van der Waals surface area contributed by atoms with Crippen molar-refractivity contribution in [2.75, 3.05) is 6.61 Å². The van der Waals surface area contributed by atoms with E-state index in [4.69, 9.17) is 10.5 Å². The Hall–Kier alpha value is -3.44. The maximum atomic E-state index is 6.30. The van der Waals surface area contributed by atoms with Gasteiger partial charge in [-0.25, -0.2) is 0 Å². The Bertz CT molecular complexity index is 1070. The lowest BCUT2D eigenvalue weighted by Gasteiger charge is -2.13. The van der Waals surface area contributed by atoms with Crippen molar-refractivity contribution in [3.05, 3.63) is 90.1 Å². The van der Waals surface area contributed by atoms with Crippen molar-refractivity contribution in [2.24, 2.45) is 5.73 Å². The topological polar surface area (TPSA) is 76.8 Å². The van der Waals surface area contributed by atoms with Crippen LogP contribution in [0.5, 0.6) is 5.75 Å². The second kappa shape index (κ2) is 8.50. The number of aromatic nitrogens is 3. The Morgan fingerprint density at radius 1 is 1.00 bits per heavy atom. The maximum Gasteiger partial charge on any atom is 0.138 e. The van der Waals surface area contributed by atoms with Gasteiger partial charge in [-0.15, -0.1) is 0 Å². The van der Waals surface area contributed by atoms with Crippen molar-refractivity contribution in [1.82, 2.24) is 15.0 Å². The smallest absolute Gasteiger partial charge is 0.138 e. The summed E-state index contributed by atoms with van der Waals surface area (Å²) in [6.07, 6.45) is 13.8. The van der Waals surface area contributed by atoms with Crippen LogP contribution >= 0.6 is 0 Å². The molecule has 3 heterocycles. The van der Waals surface area contributed by atoms with E-state index < -0.39 is 0 Å². The molecule has 4 aromatic rings. The van der Waals surface area contributed by atoms with Gasteiger partial charge in [0.15, 0.2) is 0 Å². The summed E-state index contributed by atoms with van der Waals surface area (Å²) in [6.45, 7) is 0.429. The van der Waals surface area contributed by atoms with E-state index >= 15 is 0 Å². The van der Waals surface area contributed by atoms with E-state index in [-0.39, 0.29) is 6.04 Å². The molecule has 0 radical (unpaired) electrons. The van der Waals surface area contributed by atoms with Gasteiger partial charge >= 0.3 is 0 Å². The molecule has 28 heavy (non-hydrogen) atoms. The Balaban J connectivity index is 1.36. The normalized spacial score (nSPS) is 12.5. The van der Waals surface area contributed by atoms with E-state index in [0.717, 1.165) is 23.1 Å². The van der Waals surface area contributed by atoms with Crippen molar-refractivity contribution in [3.63, 3.8) is 0 Å². The van der Waals surface area contributed by atoms with Gasteiger partial charge in [0.1, 0.15) is 12.4 Å². The molecule has 0 saturated heterocycles. The van der Waals surface area contributed by atoms with Crippen LogP contribution in [0.4, 0.5) is 0 Å². The SMILES string of the molecule is N[C@H](COc1cncc(C=Cc2ccncc2)c1)Cc1c[nH]c2ccccc12. The first-order valence-electron chi connectivity index (χ1n) is 9.24. The Morgan fingerprint density at radius 2 is 1.82 bits per heavy atom. The minimum absolute atomic E-state index is 0.102. The van der Waals surface area contributed by atoms with Gasteiger partial charge in [0, 0.05) is 41.7 Å². The van der Waals surface area contributed by atoms with Gasteiger partial charge in [0.2, 0.25) is 0 Å². The second-order valence-corrected chi connectivity index (χ2v) is 6.70. The lowest BCUT2D eigenvalue weighted by atomic mass is 10.1. The van der Waals surface area contributed by atoms with E-state index in [0.29, 0.717) is 12.4 Å². The molecule has 0 fully saturated rings. The molecule has 0 aliphatic carbocycles. The second-order valence-electron chi connectivity index (χ2n) is 6.70. The molecule has 140 valence electrons. The number of pyridine rings is 2. The number of nitrogens with two attached hydrogens (primary N) is 1. The Labute approximate surface area is 163 Å². The van der Waals surface area contributed by atoms with Gasteiger partial charge < -0.3 is 15.5 Å². The number of para-hydroxylation sites is 1. The molecule has 5 heteroatoms. The van der Waals surface area contributed by atoms with E-state index in [1.807, 2.05) is 48.7 Å². The zero-order valence-corrected chi connectivity index (χ0v) is 15.5. The fourth-order valence-corrected chi connectivity index (χ4v) is 3.12. The van der Waals surface area contributed by atoms with Crippen LogP contribution in [-0.2, 0) is 6.42 Å². The Kier molecular flexibility index (Phi) is 5.45. The molecule has 3 aromatic heterocycles. The number of hydrogen-bond donors (Lipinski definition) is 2. The van der Waals surface area contributed by atoms with Crippen LogP contribution < -0.4 is 10.5 Å². The van der Waals surface area contributed by atoms with Crippen molar-refractivity contribution < 1.29 is 4.74 Å². The van der Waals surface area contributed by atoms with Crippen LogP contribution in [-0.4, -0.2) is 27.6 Å². The van der Waals surface area contributed by atoms with Crippen molar-refractivity contribution in [2.45, 2.75) is 12.5 Å². The molecule has 4 rings (SSSR count). The van der Waals surface area contributed by atoms with Crippen molar-refractivity contribution >= 4 is 23.1 Å². The zero-order chi connectivity index (χ0) is 19.2. The molecular weight excluding hydrogens is 348 g/mol. The van der Waals surface area contributed by atoms with E-state index in [1.165, 1.54) is 10.9 Å². The number of nitrogens with zero attached hydrogens (tertiary/aromatic N) is 2. The minimum Gasteiger partial charge on any atom is -0.490 e. The molecule has 0 amide bonds. The van der Waals surface area contributed by atoms with Crippen LogP contribution in [0.2, 0.25) is 0 Å². The highest BCUT2D eigenvalue weighted by molar-refractivity contribution is 5.83. The fourth-order valence-electron chi connectivity index (χ4n) is 3.12. The van der Waals surface area contributed by atoms with E-state index in [2.05, 4.69) is 27.1 Å². The predicted molar refractivity (Wildman–Crippen MR) is 113 cm³/mol. The minimum atomic E-state index is -0.102. The van der Waals surface area contributed by atoms with Crippen LogP contribution in [0.3, 0.4) is 0 Å². The van der Waals surface area contributed by atoms with Gasteiger partial charge in [-0.2, -0.15) is 0 Å². The van der Waals surface area contributed by atoms with Crippen molar-refractivity contribution in [1.29, 1.82) is 0 Å². The molecular formula is C23H22N4O. The van der Waals surface area contributed by atoms with Gasteiger partial charge in [-0.1, -0.05) is 30.4 Å². The lowest BCUT2D eigenvalue weighted by molar-refractivity contribution is 0.287. The number of H-pyrrole nitrogens is 1. The van der Waals surface area contributed by atoms with Gasteiger partial charge in [-0.3, -0.25) is 9.97 Å².